The summed E-state index contributed by atoms with van der Waals surface area (Å²) >= 11 is 0. The van der Waals surface area contributed by atoms with Crippen LogP contribution in [0.15, 0.2) is 12.2 Å². The molecule has 0 aromatic carbocycles. The molecule has 0 saturated carbocycles. The van der Waals surface area contributed by atoms with Crippen LogP contribution in [0.3, 0.4) is 0 Å². The molecule has 0 fully saturated rings. The average molecular weight is 405 g/mol. The molecule has 0 rings (SSSR count). The third-order valence-corrected chi connectivity index (χ3v) is 6.31. The van der Waals surface area contributed by atoms with E-state index in [0.717, 1.165) is 18.8 Å². The van der Waals surface area contributed by atoms with Crippen LogP contribution in [0.1, 0.15) is 155 Å². The topological polar surface area (TPSA) is 0 Å². The number of rotatable bonds is 24. The Kier molecular flexibility index (Phi) is 25.5. The molecule has 2 radical (unpaired) electrons. The fourth-order valence-electron chi connectivity index (χ4n) is 4.17. The molecule has 0 aliphatic carbocycles. The van der Waals surface area contributed by atoms with Crippen LogP contribution in [-0.2, 0) is 0 Å². The Labute approximate surface area is 186 Å². The van der Waals surface area contributed by atoms with Gasteiger partial charge < -0.3 is 0 Å². The maximum absolute atomic E-state index is 3.93. The summed E-state index contributed by atoms with van der Waals surface area (Å²) in [7, 11) is 0. The van der Waals surface area contributed by atoms with Crippen molar-refractivity contribution in [3.63, 3.8) is 0 Å². The molecule has 0 spiro atoms. The van der Waals surface area contributed by atoms with Crippen molar-refractivity contribution in [2.24, 2.45) is 5.92 Å². The molecule has 0 nitrogen and oxygen atoms in total. The summed E-state index contributed by atoms with van der Waals surface area (Å²) in [6.45, 7) is 10.2. The Hall–Kier alpha value is -0.260. The van der Waals surface area contributed by atoms with E-state index in [2.05, 4.69) is 32.9 Å². The van der Waals surface area contributed by atoms with Crippen LogP contribution < -0.4 is 0 Å². The Balaban J connectivity index is 3.13. The second-order valence-corrected chi connectivity index (χ2v) is 9.45. The minimum atomic E-state index is 0.889. The highest BCUT2D eigenvalue weighted by atomic mass is 14.1. The first-order chi connectivity index (χ1) is 14.3. The Morgan fingerprint density at radius 1 is 0.448 bits per heavy atom. The maximum atomic E-state index is 3.93. The minimum Gasteiger partial charge on any atom is -0.0885 e. The summed E-state index contributed by atoms with van der Waals surface area (Å²) in [6.07, 6.45) is 36.7. The first-order valence-corrected chi connectivity index (χ1v) is 13.5. The van der Waals surface area contributed by atoms with Gasteiger partial charge in [-0.15, -0.1) is 0 Å². The van der Waals surface area contributed by atoms with E-state index in [-0.39, 0.29) is 0 Å². The lowest BCUT2D eigenvalue weighted by atomic mass is 9.98. The summed E-state index contributed by atoms with van der Waals surface area (Å²) in [5.74, 6) is 0.889. The molecular formula is C29H56. The van der Waals surface area contributed by atoms with Gasteiger partial charge in [-0.2, -0.15) is 0 Å². The molecule has 0 heterocycles. The summed E-state index contributed by atoms with van der Waals surface area (Å²) in [5, 5.41) is 0. The normalized spacial score (nSPS) is 12.8. The zero-order chi connectivity index (χ0) is 21.3. The van der Waals surface area contributed by atoms with Gasteiger partial charge in [0.05, 0.1) is 0 Å². The number of unbranched alkanes of at least 4 members (excludes halogenated alkanes) is 18. The predicted molar refractivity (Wildman–Crippen MR) is 135 cm³/mol. The van der Waals surface area contributed by atoms with Crippen LogP contribution in [0, 0.1) is 19.8 Å². The number of allylic oxidation sites excluding steroid dienone is 2. The molecule has 29 heavy (non-hydrogen) atoms. The molecule has 0 aliphatic heterocycles. The van der Waals surface area contributed by atoms with Crippen molar-refractivity contribution < 1.29 is 0 Å². The smallest absolute Gasteiger partial charge is 0.0348 e. The van der Waals surface area contributed by atoms with E-state index >= 15 is 0 Å². The molecule has 0 N–H and O–H groups in total. The van der Waals surface area contributed by atoms with Crippen molar-refractivity contribution in [3.05, 3.63) is 26.0 Å². The first-order valence-electron chi connectivity index (χ1n) is 13.5. The van der Waals surface area contributed by atoms with Gasteiger partial charge in [0.2, 0.25) is 0 Å². The van der Waals surface area contributed by atoms with Crippen molar-refractivity contribution >= 4 is 0 Å². The lowest BCUT2D eigenvalue weighted by Gasteiger charge is -2.08. The Morgan fingerprint density at radius 2 is 0.828 bits per heavy atom. The molecule has 0 aromatic rings. The quantitative estimate of drug-likeness (QED) is 0.111. The molecule has 0 aliphatic rings. The highest BCUT2D eigenvalue weighted by Gasteiger charge is 1.99. The Morgan fingerprint density at radius 3 is 1.31 bits per heavy atom. The Bertz CT molecular complexity index is 303. The molecule has 0 heteroatoms. The van der Waals surface area contributed by atoms with Crippen LogP contribution in [0.2, 0.25) is 0 Å². The maximum Gasteiger partial charge on any atom is -0.0348 e. The average Bonchev–Trinajstić information content (AvgIpc) is 2.72. The monoisotopic (exact) mass is 404 g/mol. The predicted octanol–water partition coefficient (Wildman–Crippen LogP) is 10.8. The van der Waals surface area contributed by atoms with E-state index in [9.17, 15) is 0 Å². The van der Waals surface area contributed by atoms with Crippen molar-refractivity contribution in [3.8, 4) is 0 Å². The van der Waals surface area contributed by atoms with E-state index in [4.69, 9.17) is 0 Å². The van der Waals surface area contributed by atoms with E-state index in [1.54, 1.807) is 0 Å². The molecule has 1 atom stereocenters. The van der Waals surface area contributed by atoms with Crippen LogP contribution in [-0.4, -0.2) is 0 Å². The second kappa shape index (κ2) is 25.8. The number of hydrogen-bond donors (Lipinski definition) is 0. The summed E-state index contributed by atoms with van der Waals surface area (Å²) in [5.41, 5.74) is 0. The third kappa shape index (κ3) is 25.7. The van der Waals surface area contributed by atoms with Crippen LogP contribution in [0.25, 0.3) is 0 Å². The van der Waals surface area contributed by atoms with E-state index in [1.807, 2.05) is 0 Å². The van der Waals surface area contributed by atoms with Crippen molar-refractivity contribution in [1.29, 1.82) is 0 Å². The van der Waals surface area contributed by atoms with Gasteiger partial charge in [-0.1, -0.05) is 155 Å². The van der Waals surface area contributed by atoms with Gasteiger partial charge in [-0.25, -0.2) is 0 Å². The molecule has 0 aromatic heterocycles. The zero-order valence-corrected chi connectivity index (χ0v) is 20.4. The van der Waals surface area contributed by atoms with Gasteiger partial charge in [0, 0.05) is 0 Å². The van der Waals surface area contributed by atoms with Gasteiger partial charge in [0.15, 0.2) is 0 Å². The summed E-state index contributed by atoms with van der Waals surface area (Å²) < 4.78 is 0. The first kappa shape index (κ1) is 28.7. The van der Waals surface area contributed by atoms with Crippen molar-refractivity contribution in [1.82, 2.24) is 0 Å². The second-order valence-electron chi connectivity index (χ2n) is 9.45. The van der Waals surface area contributed by atoms with E-state index < -0.39 is 0 Å². The van der Waals surface area contributed by atoms with Crippen molar-refractivity contribution in [2.45, 2.75) is 155 Å². The molecule has 0 saturated heterocycles. The van der Waals surface area contributed by atoms with Crippen LogP contribution in [0.4, 0.5) is 0 Å². The lowest BCUT2D eigenvalue weighted by molar-refractivity contribution is 0.470. The van der Waals surface area contributed by atoms with Gasteiger partial charge >= 0.3 is 0 Å². The van der Waals surface area contributed by atoms with Gasteiger partial charge in [-0.05, 0) is 31.6 Å². The highest BCUT2D eigenvalue weighted by molar-refractivity contribution is 4.82. The summed E-state index contributed by atoms with van der Waals surface area (Å²) in [4.78, 5) is 0. The molecular weight excluding hydrogens is 348 g/mol. The van der Waals surface area contributed by atoms with Crippen LogP contribution >= 0.6 is 0 Å². The van der Waals surface area contributed by atoms with Gasteiger partial charge in [0.1, 0.15) is 0 Å². The number of hydrogen-bond acceptors (Lipinski definition) is 0. The fraction of sp³-hybridized carbons (Fsp3) is 0.862. The minimum absolute atomic E-state index is 0.889. The van der Waals surface area contributed by atoms with E-state index in [1.165, 1.54) is 135 Å². The molecule has 172 valence electrons. The highest BCUT2D eigenvalue weighted by Crippen LogP contribution is 2.16. The zero-order valence-electron chi connectivity index (χ0n) is 20.4. The standard InChI is InChI=1S/C29H56/c1-4-6-8-9-10-11-12-13-14-15-16-17-18-19-20-21-22-23-24-26-28-29(3)27-25-7-5-2/h23-24,29H,1-2,4-22,25-28H2,3H3. The van der Waals surface area contributed by atoms with Crippen molar-refractivity contribution in [2.75, 3.05) is 0 Å². The summed E-state index contributed by atoms with van der Waals surface area (Å²) in [6, 6.07) is 0. The SMILES string of the molecule is [CH2]CCCCCCCCCCCCCCCCCC=CCCC(C)CCCC[CH2]. The molecule has 0 amide bonds. The fourth-order valence-corrected chi connectivity index (χ4v) is 4.17. The lowest BCUT2D eigenvalue weighted by Crippen LogP contribution is -1.93. The van der Waals surface area contributed by atoms with Gasteiger partial charge in [0.25, 0.3) is 0 Å². The van der Waals surface area contributed by atoms with Gasteiger partial charge in [-0.3, -0.25) is 0 Å². The van der Waals surface area contributed by atoms with E-state index in [0.29, 0.717) is 0 Å². The molecule has 1 unspecified atom stereocenters. The third-order valence-electron chi connectivity index (χ3n) is 6.31. The van der Waals surface area contributed by atoms with Crippen LogP contribution in [0.5, 0.6) is 0 Å². The largest absolute Gasteiger partial charge is 0.0885 e. The molecule has 0 bridgehead atoms.